The molecule has 1 unspecified atom stereocenters. The first kappa shape index (κ1) is 15.0. The van der Waals surface area contributed by atoms with Gasteiger partial charge in [0.25, 0.3) is 0 Å². The van der Waals surface area contributed by atoms with Gasteiger partial charge in [-0.25, -0.2) is 0 Å². The molecule has 0 fully saturated rings. The van der Waals surface area contributed by atoms with Crippen LogP contribution in [0.25, 0.3) is 0 Å². The minimum Gasteiger partial charge on any atom is -0.491 e. The number of likely N-dealkylation sites (N-methyl/N-ethyl adjacent to an activating group) is 1. The quantitative estimate of drug-likeness (QED) is 0.873. The largest absolute Gasteiger partial charge is 0.491 e. The molecule has 2 N–H and O–H groups in total. The van der Waals surface area contributed by atoms with Crippen LogP contribution in [-0.4, -0.2) is 30.6 Å². The first-order chi connectivity index (χ1) is 8.26. The van der Waals surface area contributed by atoms with E-state index in [9.17, 15) is 0 Å². The maximum Gasteiger partial charge on any atom is 0.124 e. The Hall–Kier alpha value is -1.06. The zero-order chi connectivity index (χ0) is 13.9. The van der Waals surface area contributed by atoms with Crippen LogP contribution in [0.2, 0.25) is 0 Å². The predicted molar refractivity (Wildman–Crippen MR) is 76.9 cm³/mol. The van der Waals surface area contributed by atoms with E-state index in [1.807, 2.05) is 52.2 Å². The minimum absolute atomic E-state index is 0.0950. The predicted octanol–water partition coefficient (Wildman–Crippen LogP) is 2.81. The second-order valence-electron chi connectivity index (χ2n) is 5.73. The van der Waals surface area contributed by atoms with E-state index in [1.165, 1.54) is 0 Å². The summed E-state index contributed by atoms with van der Waals surface area (Å²) in [6.07, 6.45) is 0.154. The highest BCUT2D eigenvalue weighted by Crippen LogP contribution is 2.33. The lowest BCUT2D eigenvalue weighted by Crippen LogP contribution is -2.47. The van der Waals surface area contributed by atoms with Gasteiger partial charge in [-0.3, -0.25) is 0 Å². The van der Waals surface area contributed by atoms with E-state index in [2.05, 4.69) is 18.7 Å². The average Bonchev–Trinajstić information content (AvgIpc) is 2.27. The third-order valence-electron chi connectivity index (χ3n) is 3.53. The van der Waals surface area contributed by atoms with Crippen LogP contribution in [0.15, 0.2) is 24.3 Å². The van der Waals surface area contributed by atoms with Crippen LogP contribution in [0.4, 0.5) is 0 Å². The summed E-state index contributed by atoms with van der Waals surface area (Å²) in [5.74, 6) is 0.884. The molecule has 0 heterocycles. The summed E-state index contributed by atoms with van der Waals surface area (Å²) in [5, 5.41) is 0. The first-order valence-corrected chi connectivity index (χ1v) is 6.45. The van der Waals surface area contributed by atoms with Crippen molar-refractivity contribution < 1.29 is 4.74 Å². The average molecular weight is 250 g/mol. The maximum atomic E-state index is 6.43. The Labute approximate surface area is 111 Å². The molecule has 0 aliphatic carbocycles. The van der Waals surface area contributed by atoms with Crippen LogP contribution in [0.1, 0.15) is 39.3 Å². The molecule has 1 atom stereocenters. The lowest BCUT2D eigenvalue weighted by atomic mass is 9.88. The topological polar surface area (TPSA) is 38.5 Å². The van der Waals surface area contributed by atoms with Crippen LogP contribution < -0.4 is 10.5 Å². The van der Waals surface area contributed by atoms with Gasteiger partial charge >= 0.3 is 0 Å². The van der Waals surface area contributed by atoms with E-state index < -0.39 is 0 Å². The van der Waals surface area contributed by atoms with Crippen molar-refractivity contribution in [2.24, 2.45) is 5.73 Å². The van der Waals surface area contributed by atoms with Crippen molar-refractivity contribution in [3.63, 3.8) is 0 Å². The number of benzene rings is 1. The molecular weight excluding hydrogens is 224 g/mol. The van der Waals surface area contributed by atoms with Crippen LogP contribution in [-0.2, 0) is 0 Å². The fraction of sp³-hybridized carbons (Fsp3) is 0.600. The smallest absolute Gasteiger partial charge is 0.124 e. The normalized spacial score (nSPS) is 14.1. The Morgan fingerprint density at radius 1 is 1.17 bits per heavy atom. The van der Waals surface area contributed by atoms with Gasteiger partial charge in [0, 0.05) is 11.1 Å². The summed E-state index contributed by atoms with van der Waals surface area (Å²) in [5.41, 5.74) is 7.36. The van der Waals surface area contributed by atoms with Crippen molar-refractivity contribution in [3.8, 4) is 5.75 Å². The standard InChI is InChI=1S/C15H26N2O/c1-11(2)18-13-10-8-7-9-12(13)14(16)15(3,4)17(5)6/h7-11,14H,16H2,1-6H3. The molecular formula is C15H26N2O. The van der Waals surface area contributed by atoms with Gasteiger partial charge < -0.3 is 15.4 Å². The third-order valence-corrected chi connectivity index (χ3v) is 3.53. The van der Waals surface area contributed by atoms with E-state index in [-0.39, 0.29) is 17.7 Å². The summed E-state index contributed by atoms with van der Waals surface area (Å²) < 4.78 is 5.84. The van der Waals surface area contributed by atoms with Gasteiger partial charge in [0.05, 0.1) is 12.1 Å². The molecule has 0 aliphatic heterocycles. The van der Waals surface area contributed by atoms with Crippen molar-refractivity contribution in [2.75, 3.05) is 14.1 Å². The van der Waals surface area contributed by atoms with Crippen molar-refractivity contribution in [3.05, 3.63) is 29.8 Å². The monoisotopic (exact) mass is 250 g/mol. The number of nitrogens with two attached hydrogens (primary N) is 1. The van der Waals surface area contributed by atoms with E-state index in [0.29, 0.717) is 0 Å². The summed E-state index contributed by atoms with van der Waals surface area (Å²) >= 11 is 0. The number of rotatable bonds is 5. The minimum atomic E-state index is -0.129. The van der Waals surface area contributed by atoms with Gasteiger partial charge in [-0.05, 0) is 47.9 Å². The molecule has 0 radical (unpaired) electrons. The molecule has 1 rings (SSSR count). The van der Waals surface area contributed by atoms with E-state index in [0.717, 1.165) is 11.3 Å². The number of para-hydroxylation sites is 1. The molecule has 1 aromatic carbocycles. The summed E-state index contributed by atoms with van der Waals surface area (Å²) in [7, 11) is 4.09. The first-order valence-electron chi connectivity index (χ1n) is 6.45. The van der Waals surface area contributed by atoms with E-state index in [1.54, 1.807) is 0 Å². The fourth-order valence-electron chi connectivity index (χ4n) is 1.76. The molecule has 0 amide bonds. The van der Waals surface area contributed by atoms with Crippen LogP contribution >= 0.6 is 0 Å². The molecule has 3 heteroatoms. The van der Waals surface area contributed by atoms with E-state index >= 15 is 0 Å². The summed E-state index contributed by atoms with van der Waals surface area (Å²) in [6.45, 7) is 8.34. The number of ether oxygens (including phenoxy) is 1. The Bertz CT molecular complexity index is 386. The highest BCUT2D eigenvalue weighted by atomic mass is 16.5. The Balaban J connectivity index is 3.09. The van der Waals surface area contributed by atoms with Gasteiger partial charge in [-0.15, -0.1) is 0 Å². The van der Waals surface area contributed by atoms with E-state index in [4.69, 9.17) is 10.5 Å². The Morgan fingerprint density at radius 2 is 1.72 bits per heavy atom. The highest BCUT2D eigenvalue weighted by molar-refractivity contribution is 5.37. The van der Waals surface area contributed by atoms with Crippen LogP contribution in [0, 0.1) is 0 Å². The van der Waals surface area contributed by atoms with Crippen LogP contribution in [0.3, 0.4) is 0 Å². The van der Waals surface area contributed by atoms with Crippen molar-refractivity contribution in [2.45, 2.75) is 45.4 Å². The Kier molecular flexibility index (Phi) is 4.77. The molecule has 1 aromatic rings. The van der Waals surface area contributed by atoms with Gasteiger partial charge in [-0.2, -0.15) is 0 Å². The van der Waals surface area contributed by atoms with Crippen molar-refractivity contribution in [1.82, 2.24) is 4.90 Å². The Morgan fingerprint density at radius 3 is 2.22 bits per heavy atom. The third kappa shape index (κ3) is 3.24. The lowest BCUT2D eigenvalue weighted by Gasteiger charge is -2.38. The maximum absolute atomic E-state index is 6.43. The lowest BCUT2D eigenvalue weighted by molar-refractivity contribution is 0.154. The van der Waals surface area contributed by atoms with Gasteiger partial charge in [0.2, 0.25) is 0 Å². The fourth-order valence-corrected chi connectivity index (χ4v) is 1.76. The molecule has 0 bridgehead atoms. The molecule has 0 aliphatic rings. The van der Waals surface area contributed by atoms with Gasteiger partial charge in [-0.1, -0.05) is 18.2 Å². The molecule has 102 valence electrons. The van der Waals surface area contributed by atoms with Crippen LogP contribution in [0.5, 0.6) is 5.75 Å². The number of nitrogens with zero attached hydrogens (tertiary/aromatic N) is 1. The number of hydrogen-bond acceptors (Lipinski definition) is 3. The summed E-state index contributed by atoms with van der Waals surface area (Å²) in [4.78, 5) is 2.14. The molecule has 18 heavy (non-hydrogen) atoms. The molecule has 3 nitrogen and oxygen atoms in total. The molecule has 0 spiro atoms. The highest BCUT2D eigenvalue weighted by Gasteiger charge is 2.31. The van der Waals surface area contributed by atoms with Crippen molar-refractivity contribution >= 4 is 0 Å². The number of hydrogen-bond donors (Lipinski definition) is 1. The molecule has 0 saturated heterocycles. The van der Waals surface area contributed by atoms with Gasteiger partial charge in [0.1, 0.15) is 5.75 Å². The van der Waals surface area contributed by atoms with Crippen molar-refractivity contribution in [1.29, 1.82) is 0 Å². The second kappa shape index (κ2) is 5.72. The summed E-state index contributed by atoms with van der Waals surface area (Å²) in [6, 6.07) is 7.93. The SMILES string of the molecule is CC(C)Oc1ccccc1C(N)C(C)(C)N(C)C. The zero-order valence-electron chi connectivity index (χ0n) is 12.4. The second-order valence-corrected chi connectivity index (χ2v) is 5.73. The molecule has 0 aromatic heterocycles. The van der Waals surface area contributed by atoms with Gasteiger partial charge in [0.15, 0.2) is 0 Å². The zero-order valence-corrected chi connectivity index (χ0v) is 12.4. The molecule has 0 saturated carbocycles.